The molecule has 0 amide bonds. The number of aromatic amines is 1. The first kappa shape index (κ1) is 16.7. The first-order chi connectivity index (χ1) is 12.2. The monoisotopic (exact) mass is 346 g/mol. The molecule has 2 aromatic rings. The second-order valence-electron chi connectivity index (χ2n) is 7.65. The summed E-state index contributed by atoms with van der Waals surface area (Å²) in [5.41, 5.74) is 1.17. The number of H-pyrrole nitrogens is 1. The molecule has 0 radical (unpaired) electrons. The molecule has 6 nitrogen and oxygen atoms in total. The number of rotatable bonds is 5. The fraction of sp³-hybridized carbons (Fsp3) is 0.722. The van der Waals surface area contributed by atoms with Crippen LogP contribution in [0.3, 0.4) is 0 Å². The molecule has 3 heterocycles. The van der Waals surface area contributed by atoms with Crippen LogP contribution in [0.2, 0.25) is 0 Å². The average Bonchev–Trinajstić information content (AvgIpc) is 3.35. The molecule has 0 unspecified atom stereocenters. The maximum Gasteiger partial charge on any atom is 0.153 e. The minimum atomic E-state index is -0.312. The number of nitrogens with one attached hydrogen (secondary N) is 1. The van der Waals surface area contributed by atoms with Crippen LogP contribution in [-0.2, 0) is 13.6 Å². The molecule has 1 N–H and O–H groups in total. The molecule has 0 bridgehead atoms. The Morgan fingerprint density at radius 1 is 1.24 bits per heavy atom. The van der Waals surface area contributed by atoms with E-state index >= 15 is 0 Å². The van der Waals surface area contributed by atoms with Crippen molar-refractivity contribution in [3.63, 3.8) is 0 Å². The van der Waals surface area contributed by atoms with Gasteiger partial charge in [0.1, 0.15) is 5.82 Å². The fourth-order valence-corrected chi connectivity index (χ4v) is 4.36. The topological polar surface area (TPSA) is 62.6 Å². The van der Waals surface area contributed by atoms with E-state index < -0.39 is 0 Å². The van der Waals surface area contributed by atoms with E-state index in [4.69, 9.17) is 4.98 Å². The van der Waals surface area contributed by atoms with Gasteiger partial charge in [0.05, 0.1) is 12.9 Å². The maximum absolute atomic E-state index is 13.6. The van der Waals surface area contributed by atoms with Gasteiger partial charge in [-0.2, -0.15) is 10.2 Å². The molecule has 2 aromatic heterocycles. The van der Waals surface area contributed by atoms with Crippen molar-refractivity contribution in [2.75, 3.05) is 19.8 Å². The summed E-state index contributed by atoms with van der Waals surface area (Å²) in [6, 6.07) is 0. The summed E-state index contributed by atoms with van der Waals surface area (Å²) in [7, 11) is 1.92. The summed E-state index contributed by atoms with van der Waals surface area (Å²) in [6.07, 6.45) is 10.1. The quantitative estimate of drug-likeness (QED) is 0.904. The van der Waals surface area contributed by atoms with Gasteiger partial charge in [-0.15, -0.1) is 0 Å². The molecule has 1 aliphatic heterocycles. The van der Waals surface area contributed by atoms with Crippen LogP contribution in [0.4, 0.5) is 4.39 Å². The van der Waals surface area contributed by atoms with Gasteiger partial charge in [-0.1, -0.05) is 19.3 Å². The van der Waals surface area contributed by atoms with Gasteiger partial charge in [-0.05, 0) is 12.8 Å². The van der Waals surface area contributed by atoms with Crippen LogP contribution in [0.25, 0.3) is 0 Å². The SMILES string of the molecule is Cn1cc(CN2C[C@@H](CF)[C@H](c3nc(C4CCCCC4)n[nH]3)C2)cn1. The highest BCUT2D eigenvalue weighted by molar-refractivity contribution is 5.10. The molecular formula is C18H27FN6. The van der Waals surface area contributed by atoms with Gasteiger partial charge in [0, 0.05) is 56.2 Å². The molecule has 0 aromatic carbocycles. The molecule has 2 atom stereocenters. The average molecular weight is 346 g/mol. The van der Waals surface area contributed by atoms with Crippen molar-refractivity contribution in [3.8, 4) is 0 Å². The van der Waals surface area contributed by atoms with Gasteiger partial charge < -0.3 is 0 Å². The number of alkyl halides is 1. The molecule has 2 aliphatic rings. The Balaban J connectivity index is 1.44. The fourth-order valence-electron chi connectivity index (χ4n) is 4.36. The van der Waals surface area contributed by atoms with Crippen molar-refractivity contribution in [3.05, 3.63) is 29.6 Å². The molecule has 136 valence electrons. The molecular weight excluding hydrogens is 319 g/mol. The van der Waals surface area contributed by atoms with E-state index in [2.05, 4.69) is 20.2 Å². The number of halogens is 1. The van der Waals surface area contributed by atoms with Crippen LogP contribution in [0, 0.1) is 5.92 Å². The lowest BCUT2D eigenvalue weighted by atomic mass is 9.89. The van der Waals surface area contributed by atoms with Crippen LogP contribution >= 0.6 is 0 Å². The Morgan fingerprint density at radius 2 is 2.08 bits per heavy atom. The molecule has 25 heavy (non-hydrogen) atoms. The normalized spacial score (nSPS) is 25.7. The highest BCUT2D eigenvalue weighted by atomic mass is 19.1. The molecule has 0 spiro atoms. The zero-order valence-electron chi connectivity index (χ0n) is 14.9. The van der Waals surface area contributed by atoms with Crippen molar-refractivity contribution < 1.29 is 4.39 Å². The zero-order valence-corrected chi connectivity index (χ0v) is 14.9. The van der Waals surface area contributed by atoms with Crippen molar-refractivity contribution >= 4 is 0 Å². The summed E-state index contributed by atoms with van der Waals surface area (Å²) in [5.74, 6) is 2.39. The summed E-state index contributed by atoms with van der Waals surface area (Å²) < 4.78 is 15.4. The standard InChI is InChI=1S/C18H27FN6/c1-24-9-13(8-20-24)10-25-11-15(7-19)16(12-25)18-21-17(22-23-18)14-5-3-2-4-6-14/h8-9,14-16H,2-7,10-12H2,1H3,(H,21,22,23)/t15-,16-/m1/s1. The largest absolute Gasteiger partial charge is 0.298 e. The Morgan fingerprint density at radius 3 is 2.80 bits per heavy atom. The second-order valence-corrected chi connectivity index (χ2v) is 7.65. The summed E-state index contributed by atoms with van der Waals surface area (Å²) >= 11 is 0. The third-order valence-electron chi connectivity index (χ3n) is 5.72. The van der Waals surface area contributed by atoms with E-state index in [1.807, 2.05) is 24.1 Å². The van der Waals surface area contributed by atoms with E-state index in [1.165, 1.54) is 37.7 Å². The van der Waals surface area contributed by atoms with Gasteiger partial charge in [-0.3, -0.25) is 19.1 Å². The minimum absolute atomic E-state index is 0.0103. The first-order valence-corrected chi connectivity index (χ1v) is 9.41. The zero-order chi connectivity index (χ0) is 17.2. The van der Waals surface area contributed by atoms with E-state index in [-0.39, 0.29) is 18.5 Å². The van der Waals surface area contributed by atoms with Gasteiger partial charge in [0.25, 0.3) is 0 Å². The lowest BCUT2D eigenvalue weighted by Gasteiger charge is -2.18. The van der Waals surface area contributed by atoms with Crippen molar-refractivity contribution in [1.82, 2.24) is 29.9 Å². The summed E-state index contributed by atoms with van der Waals surface area (Å²) in [4.78, 5) is 7.08. The first-order valence-electron chi connectivity index (χ1n) is 9.41. The van der Waals surface area contributed by atoms with Gasteiger partial charge in [0.2, 0.25) is 0 Å². The molecule has 4 rings (SSSR count). The van der Waals surface area contributed by atoms with E-state index in [0.717, 1.165) is 31.3 Å². The van der Waals surface area contributed by atoms with Crippen LogP contribution in [0.5, 0.6) is 0 Å². The Kier molecular flexibility index (Phi) is 4.83. The molecule has 1 aliphatic carbocycles. The molecule has 7 heteroatoms. The van der Waals surface area contributed by atoms with Crippen molar-refractivity contribution in [2.24, 2.45) is 13.0 Å². The predicted molar refractivity (Wildman–Crippen MR) is 92.9 cm³/mol. The number of likely N-dealkylation sites (tertiary alicyclic amines) is 1. The van der Waals surface area contributed by atoms with Crippen molar-refractivity contribution in [2.45, 2.75) is 50.5 Å². The highest BCUT2D eigenvalue weighted by Crippen LogP contribution is 2.34. The Labute approximate surface area is 147 Å². The highest BCUT2D eigenvalue weighted by Gasteiger charge is 2.36. The second kappa shape index (κ2) is 7.23. The third-order valence-corrected chi connectivity index (χ3v) is 5.72. The van der Waals surface area contributed by atoms with Gasteiger partial charge in [0.15, 0.2) is 5.82 Å². The van der Waals surface area contributed by atoms with E-state index in [1.54, 1.807) is 0 Å². The Bertz CT molecular complexity index is 689. The number of hydrogen-bond acceptors (Lipinski definition) is 4. The predicted octanol–water partition coefficient (Wildman–Crippen LogP) is 2.77. The van der Waals surface area contributed by atoms with Crippen LogP contribution in [0.1, 0.15) is 61.2 Å². The van der Waals surface area contributed by atoms with E-state index in [9.17, 15) is 4.39 Å². The lowest BCUT2D eigenvalue weighted by Crippen LogP contribution is -2.20. The van der Waals surface area contributed by atoms with Gasteiger partial charge in [-0.25, -0.2) is 4.98 Å². The number of aromatic nitrogens is 5. The van der Waals surface area contributed by atoms with Crippen LogP contribution < -0.4 is 0 Å². The number of hydrogen-bond donors (Lipinski definition) is 1. The Hall–Kier alpha value is -1.76. The summed E-state index contributed by atoms with van der Waals surface area (Å²) in [5, 5.41) is 11.8. The molecule has 2 fully saturated rings. The van der Waals surface area contributed by atoms with E-state index in [0.29, 0.717) is 5.92 Å². The van der Waals surface area contributed by atoms with Crippen LogP contribution in [0.15, 0.2) is 12.4 Å². The van der Waals surface area contributed by atoms with Crippen LogP contribution in [-0.4, -0.2) is 49.6 Å². The molecule has 1 saturated carbocycles. The lowest BCUT2D eigenvalue weighted by molar-refractivity contribution is 0.295. The molecule has 1 saturated heterocycles. The van der Waals surface area contributed by atoms with Gasteiger partial charge >= 0.3 is 0 Å². The maximum atomic E-state index is 13.6. The number of aryl methyl sites for hydroxylation is 1. The van der Waals surface area contributed by atoms with Crippen molar-refractivity contribution in [1.29, 1.82) is 0 Å². The third kappa shape index (κ3) is 3.61. The number of nitrogens with zero attached hydrogens (tertiary/aromatic N) is 5. The smallest absolute Gasteiger partial charge is 0.153 e. The summed E-state index contributed by atoms with van der Waals surface area (Å²) in [6.45, 7) is 2.08. The minimum Gasteiger partial charge on any atom is -0.298 e.